The molecule has 0 unspecified atom stereocenters. The van der Waals surface area contributed by atoms with Crippen LogP contribution in [0.4, 0.5) is 0 Å². The van der Waals surface area contributed by atoms with Crippen LogP contribution in [-0.4, -0.2) is 43.1 Å². The van der Waals surface area contributed by atoms with Crippen molar-refractivity contribution < 1.29 is 19.0 Å². The van der Waals surface area contributed by atoms with Gasteiger partial charge in [0.25, 0.3) is 5.91 Å². The van der Waals surface area contributed by atoms with Gasteiger partial charge in [-0.3, -0.25) is 9.89 Å². The number of hydrogen-bond donors (Lipinski definition) is 2. The predicted molar refractivity (Wildman–Crippen MR) is 110 cm³/mol. The molecule has 0 aliphatic heterocycles. The van der Waals surface area contributed by atoms with E-state index in [1.54, 1.807) is 26.5 Å². The molecule has 0 saturated heterocycles. The average Bonchev–Trinajstić information content (AvgIpc) is 3.25. The largest absolute Gasteiger partial charge is 0.497 e. The Labute approximate surface area is 168 Å². The molecule has 2 aromatic carbocycles. The first kappa shape index (κ1) is 19.9. The Hall–Kier alpha value is -3.81. The van der Waals surface area contributed by atoms with Crippen LogP contribution in [0.15, 0.2) is 53.6 Å². The van der Waals surface area contributed by atoms with Crippen molar-refractivity contribution in [1.82, 2.24) is 15.6 Å². The summed E-state index contributed by atoms with van der Waals surface area (Å²) in [5, 5.41) is 10.9. The quantitative estimate of drug-likeness (QED) is 0.451. The molecule has 1 heterocycles. The number of benzene rings is 2. The highest BCUT2D eigenvalue weighted by molar-refractivity contribution is 5.94. The van der Waals surface area contributed by atoms with Crippen molar-refractivity contribution in [2.24, 2.45) is 5.10 Å². The minimum atomic E-state index is -0.397. The van der Waals surface area contributed by atoms with Gasteiger partial charge in [-0.15, -0.1) is 0 Å². The van der Waals surface area contributed by atoms with Gasteiger partial charge in [-0.1, -0.05) is 0 Å². The van der Waals surface area contributed by atoms with E-state index < -0.39 is 5.91 Å². The van der Waals surface area contributed by atoms with Crippen molar-refractivity contribution in [1.29, 1.82) is 0 Å². The monoisotopic (exact) mass is 394 g/mol. The Balaban J connectivity index is 1.67. The van der Waals surface area contributed by atoms with Gasteiger partial charge in [-0.05, 0) is 61.0 Å². The molecule has 3 rings (SSSR count). The number of aromatic nitrogens is 2. The average molecular weight is 394 g/mol. The topological polar surface area (TPSA) is 97.8 Å². The lowest BCUT2D eigenvalue weighted by Crippen LogP contribution is -2.17. The second-order valence-corrected chi connectivity index (χ2v) is 5.94. The van der Waals surface area contributed by atoms with Gasteiger partial charge >= 0.3 is 0 Å². The first-order valence-corrected chi connectivity index (χ1v) is 8.98. The molecule has 2 N–H and O–H groups in total. The number of ether oxygens (including phenoxy) is 3. The van der Waals surface area contributed by atoms with Crippen molar-refractivity contribution in [2.75, 3.05) is 20.8 Å². The van der Waals surface area contributed by atoms with Crippen LogP contribution in [0, 0.1) is 0 Å². The van der Waals surface area contributed by atoms with Gasteiger partial charge in [0, 0.05) is 5.56 Å². The van der Waals surface area contributed by atoms with Crippen molar-refractivity contribution in [2.45, 2.75) is 6.92 Å². The number of carbonyl (C=O) groups is 1. The normalized spacial score (nSPS) is 10.7. The Kier molecular flexibility index (Phi) is 6.47. The molecular formula is C21H22N4O4. The molecule has 0 radical (unpaired) electrons. The summed E-state index contributed by atoms with van der Waals surface area (Å²) in [4.78, 5) is 12.3. The number of amides is 1. The number of nitrogens with zero attached hydrogens (tertiary/aromatic N) is 2. The molecule has 3 aromatic rings. The van der Waals surface area contributed by atoms with Gasteiger partial charge < -0.3 is 14.2 Å². The third-order valence-electron chi connectivity index (χ3n) is 4.08. The first-order valence-electron chi connectivity index (χ1n) is 8.98. The number of rotatable bonds is 8. The van der Waals surface area contributed by atoms with E-state index >= 15 is 0 Å². The summed E-state index contributed by atoms with van der Waals surface area (Å²) in [6.45, 7) is 2.45. The third kappa shape index (κ3) is 4.92. The van der Waals surface area contributed by atoms with Gasteiger partial charge in [0.1, 0.15) is 11.4 Å². The minimum absolute atomic E-state index is 0.291. The summed E-state index contributed by atoms with van der Waals surface area (Å²) in [5.74, 6) is 1.61. The Morgan fingerprint density at radius 2 is 1.90 bits per heavy atom. The summed E-state index contributed by atoms with van der Waals surface area (Å²) in [6, 6.07) is 14.4. The second kappa shape index (κ2) is 9.41. The van der Waals surface area contributed by atoms with Gasteiger partial charge in [-0.25, -0.2) is 5.43 Å². The van der Waals surface area contributed by atoms with E-state index in [0.717, 1.165) is 16.9 Å². The van der Waals surface area contributed by atoms with E-state index in [-0.39, 0.29) is 0 Å². The van der Waals surface area contributed by atoms with Crippen molar-refractivity contribution in [3.8, 4) is 28.5 Å². The molecule has 0 aliphatic carbocycles. The fraction of sp³-hybridized carbons (Fsp3) is 0.190. The maximum Gasteiger partial charge on any atom is 0.289 e. The predicted octanol–water partition coefficient (Wildman–Crippen LogP) is 3.26. The Morgan fingerprint density at radius 3 is 2.59 bits per heavy atom. The number of methoxy groups -OCH3 is 2. The number of aromatic amines is 1. The summed E-state index contributed by atoms with van der Waals surface area (Å²) in [7, 11) is 3.18. The van der Waals surface area contributed by atoms with Crippen LogP contribution in [0.2, 0.25) is 0 Å². The lowest BCUT2D eigenvalue weighted by Gasteiger charge is -2.09. The number of nitrogens with one attached hydrogen (secondary N) is 2. The van der Waals surface area contributed by atoms with E-state index in [0.29, 0.717) is 29.5 Å². The summed E-state index contributed by atoms with van der Waals surface area (Å²) in [5.41, 5.74) is 5.00. The van der Waals surface area contributed by atoms with Crippen LogP contribution in [0.25, 0.3) is 11.3 Å². The Bertz CT molecular complexity index is 996. The fourth-order valence-electron chi connectivity index (χ4n) is 2.60. The maximum absolute atomic E-state index is 12.3. The van der Waals surface area contributed by atoms with Crippen LogP contribution >= 0.6 is 0 Å². The van der Waals surface area contributed by atoms with E-state index in [2.05, 4.69) is 20.7 Å². The molecule has 0 fully saturated rings. The molecule has 29 heavy (non-hydrogen) atoms. The molecule has 0 saturated carbocycles. The third-order valence-corrected chi connectivity index (χ3v) is 4.08. The molecule has 0 aliphatic rings. The Morgan fingerprint density at radius 1 is 1.10 bits per heavy atom. The highest BCUT2D eigenvalue weighted by atomic mass is 16.5. The van der Waals surface area contributed by atoms with Gasteiger partial charge in [0.2, 0.25) is 0 Å². The van der Waals surface area contributed by atoms with Gasteiger partial charge in [-0.2, -0.15) is 10.2 Å². The van der Waals surface area contributed by atoms with Gasteiger partial charge in [0.15, 0.2) is 11.5 Å². The van der Waals surface area contributed by atoms with E-state index in [1.165, 1.54) is 0 Å². The standard InChI is InChI=1S/C21H22N4O4/c1-4-29-19-10-7-15(11-20(19)28-3)17-12-18(24-23-17)21(26)25-22-13-14-5-8-16(27-2)9-6-14/h5-13H,4H2,1-3H3,(H,23,24)(H,25,26). The zero-order valence-electron chi connectivity index (χ0n) is 16.4. The summed E-state index contributed by atoms with van der Waals surface area (Å²) in [6.07, 6.45) is 1.55. The molecule has 8 nitrogen and oxygen atoms in total. The summed E-state index contributed by atoms with van der Waals surface area (Å²) >= 11 is 0. The highest BCUT2D eigenvalue weighted by Gasteiger charge is 2.13. The molecule has 0 spiro atoms. The highest BCUT2D eigenvalue weighted by Crippen LogP contribution is 2.32. The molecule has 1 amide bonds. The molecule has 0 atom stereocenters. The van der Waals surface area contributed by atoms with Crippen molar-refractivity contribution in [3.63, 3.8) is 0 Å². The van der Waals surface area contributed by atoms with Crippen molar-refractivity contribution >= 4 is 12.1 Å². The van der Waals surface area contributed by atoms with E-state index in [9.17, 15) is 4.79 Å². The maximum atomic E-state index is 12.3. The summed E-state index contributed by atoms with van der Waals surface area (Å²) < 4.78 is 16.0. The van der Waals surface area contributed by atoms with Crippen molar-refractivity contribution in [3.05, 3.63) is 59.8 Å². The van der Waals surface area contributed by atoms with E-state index in [4.69, 9.17) is 14.2 Å². The molecule has 1 aromatic heterocycles. The van der Waals surface area contributed by atoms with Crippen LogP contribution in [0.5, 0.6) is 17.2 Å². The number of hydrazone groups is 1. The number of hydrogen-bond acceptors (Lipinski definition) is 6. The lowest BCUT2D eigenvalue weighted by molar-refractivity contribution is 0.0950. The van der Waals surface area contributed by atoms with Crippen LogP contribution < -0.4 is 19.6 Å². The molecule has 150 valence electrons. The van der Waals surface area contributed by atoms with E-state index in [1.807, 2.05) is 49.4 Å². The molecular weight excluding hydrogens is 372 g/mol. The molecule has 8 heteroatoms. The lowest BCUT2D eigenvalue weighted by atomic mass is 10.1. The zero-order chi connectivity index (χ0) is 20.6. The van der Waals surface area contributed by atoms with Gasteiger partial charge in [0.05, 0.1) is 32.7 Å². The first-order chi connectivity index (χ1) is 14.1. The SMILES string of the molecule is CCOc1ccc(-c2cc(C(=O)NN=Cc3ccc(OC)cc3)[nH]n2)cc1OC. The minimum Gasteiger partial charge on any atom is -0.497 e. The number of H-pyrrole nitrogens is 1. The number of carbonyl (C=O) groups excluding carboxylic acids is 1. The fourth-order valence-corrected chi connectivity index (χ4v) is 2.60. The zero-order valence-corrected chi connectivity index (χ0v) is 16.4. The second-order valence-electron chi connectivity index (χ2n) is 5.94. The molecule has 0 bridgehead atoms. The van der Waals surface area contributed by atoms with Crippen LogP contribution in [0.3, 0.4) is 0 Å². The van der Waals surface area contributed by atoms with Crippen LogP contribution in [-0.2, 0) is 0 Å². The van der Waals surface area contributed by atoms with Crippen LogP contribution in [0.1, 0.15) is 23.0 Å². The smallest absolute Gasteiger partial charge is 0.289 e.